The fraction of sp³-hybridized carbons (Fsp3) is 0.533. The van der Waals surface area contributed by atoms with Gasteiger partial charge in [0.05, 0.1) is 12.8 Å². The Morgan fingerprint density at radius 1 is 1.19 bits per heavy atom. The van der Waals surface area contributed by atoms with Crippen molar-refractivity contribution in [3.8, 4) is 0 Å². The first-order valence-corrected chi connectivity index (χ1v) is 8.83. The van der Waals surface area contributed by atoms with Crippen molar-refractivity contribution in [1.82, 2.24) is 9.62 Å². The smallest absolute Gasteiger partial charge is 0.235 e. The minimum absolute atomic E-state index is 0.00985. The fourth-order valence-electron chi connectivity index (χ4n) is 1.70. The minimum atomic E-state index is -3.44. The number of benzene rings is 1. The molecule has 0 heterocycles. The van der Waals surface area contributed by atoms with Gasteiger partial charge >= 0.3 is 0 Å². The number of sulfonamides is 1. The average molecular weight is 312 g/mol. The lowest BCUT2D eigenvalue weighted by atomic mass is 10.1. The van der Waals surface area contributed by atoms with Crippen LogP contribution in [0, 0.1) is 5.92 Å². The predicted molar refractivity (Wildman–Crippen MR) is 84.1 cm³/mol. The maximum absolute atomic E-state index is 12.0. The second kappa shape index (κ2) is 7.56. The quantitative estimate of drug-likeness (QED) is 0.832. The van der Waals surface area contributed by atoms with Crippen molar-refractivity contribution in [2.45, 2.75) is 33.4 Å². The predicted octanol–water partition coefficient (Wildman–Crippen LogP) is 1.61. The van der Waals surface area contributed by atoms with Gasteiger partial charge < -0.3 is 5.32 Å². The van der Waals surface area contributed by atoms with E-state index in [0.29, 0.717) is 5.92 Å². The van der Waals surface area contributed by atoms with E-state index >= 15 is 0 Å². The third kappa shape index (κ3) is 6.27. The molecule has 21 heavy (non-hydrogen) atoms. The number of amides is 1. The summed E-state index contributed by atoms with van der Waals surface area (Å²) < 4.78 is 24.9. The molecule has 0 spiro atoms. The van der Waals surface area contributed by atoms with E-state index in [1.54, 1.807) is 0 Å². The normalized spacial score (nSPS) is 13.4. The van der Waals surface area contributed by atoms with Crippen molar-refractivity contribution in [1.29, 1.82) is 0 Å². The SMILES string of the molecule is CC(C)[C@H](C)NC(=O)CN(Cc1ccccc1)S(C)(=O)=O. The first-order chi connectivity index (χ1) is 9.70. The van der Waals surface area contributed by atoms with Crippen molar-refractivity contribution in [3.05, 3.63) is 35.9 Å². The Kier molecular flexibility index (Phi) is 6.36. The number of rotatable bonds is 7. The van der Waals surface area contributed by atoms with Crippen LogP contribution in [0.4, 0.5) is 0 Å². The molecular weight excluding hydrogens is 288 g/mol. The molecule has 0 bridgehead atoms. The zero-order valence-electron chi connectivity index (χ0n) is 13.0. The summed E-state index contributed by atoms with van der Waals surface area (Å²) >= 11 is 0. The van der Waals surface area contributed by atoms with Crippen LogP contribution in [0.1, 0.15) is 26.3 Å². The summed E-state index contributed by atoms with van der Waals surface area (Å²) in [6.07, 6.45) is 1.12. The van der Waals surface area contributed by atoms with Gasteiger partial charge in [-0.1, -0.05) is 44.2 Å². The molecule has 0 aliphatic carbocycles. The topological polar surface area (TPSA) is 66.5 Å². The van der Waals surface area contributed by atoms with E-state index in [4.69, 9.17) is 0 Å². The van der Waals surface area contributed by atoms with E-state index in [2.05, 4.69) is 5.32 Å². The van der Waals surface area contributed by atoms with Crippen LogP contribution >= 0.6 is 0 Å². The van der Waals surface area contributed by atoms with Gasteiger partial charge in [0.1, 0.15) is 0 Å². The second-order valence-corrected chi connectivity index (χ2v) is 7.60. The average Bonchev–Trinajstić information content (AvgIpc) is 2.37. The van der Waals surface area contributed by atoms with Crippen LogP contribution in [-0.2, 0) is 21.4 Å². The number of nitrogens with one attached hydrogen (secondary N) is 1. The molecule has 1 amide bonds. The second-order valence-electron chi connectivity index (χ2n) is 5.62. The van der Waals surface area contributed by atoms with Crippen LogP contribution in [0.2, 0.25) is 0 Å². The molecule has 0 aliphatic heterocycles. The van der Waals surface area contributed by atoms with Crippen LogP contribution in [-0.4, -0.2) is 37.5 Å². The number of carbonyl (C=O) groups is 1. The lowest BCUT2D eigenvalue weighted by molar-refractivity contribution is -0.122. The molecule has 0 saturated carbocycles. The van der Waals surface area contributed by atoms with Crippen LogP contribution in [0.15, 0.2) is 30.3 Å². The van der Waals surface area contributed by atoms with Gasteiger partial charge in [0.25, 0.3) is 0 Å². The van der Waals surface area contributed by atoms with Gasteiger partial charge in [-0.25, -0.2) is 8.42 Å². The van der Waals surface area contributed by atoms with Gasteiger partial charge in [0.2, 0.25) is 15.9 Å². The van der Waals surface area contributed by atoms with Crippen molar-refractivity contribution >= 4 is 15.9 Å². The highest BCUT2D eigenvalue weighted by Crippen LogP contribution is 2.08. The molecule has 1 rings (SSSR count). The summed E-state index contributed by atoms with van der Waals surface area (Å²) in [5.41, 5.74) is 0.854. The Morgan fingerprint density at radius 3 is 2.24 bits per heavy atom. The van der Waals surface area contributed by atoms with E-state index in [9.17, 15) is 13.2 Å². The molecular formula is C15H24N2O3S. The fourth-order valence-corrected chi connectivity index (χ4v) is 2.44. The van der Waals surface area contributed by atoms with Crippen molar-refractivity contribution in [2.75, 3.05) is 12.8 Å². The van der Waals surface area contributed by atoms with E-state index in [1.807, 2.05) is 51.1 Å². The van der Waals surface area contributed by atoms with Crippen molar-refractivity contribution in [2.24, 2.45) is 5.92 Å². The van der Waals surface area contributed by atoms with E-state index in [1.165, 1.54) is 4.31 Å². The summed E-state index contributed by atoms with van der Waals surface area (Å²) in [6.45, 7) is 5.95. The summed E-state index contributed by atoms with van der Waals surface area (Å²) in [6, 6.07) is 9.24. The summed E-state index contributed by atoms with van der Waals surface area (Å²) in [5.74, 6) is 0.0207. The highest BCUT2D eigenvalue weighted by molar-refractivity contribution is 7.88. The van der Waals surface area contributed by atoms with Gasteiger partial charge in [-0.2, -0.15) is 4.31 Å². The molecule has 6 heteroatoms. The van der Waals surface area contributed by atoms with Crippen molar-refractivity contribution in [3.63, 3.8) is 0 Å². The number of hydrogen-bond donors (Lipinski definition) is 1. The maximum Gasteiger partial charge on any atom is 0.235 e. The molecule has 0 aromatic heterocycles. The summed E-state index contributed by atoms with van der Waals surface area (Å²) in [4.78, 5) is 12.0. The highest BCUT2D eigenvalue weighted by Gasteiger charge is 2.21. The number of hydrogen-bond acceptors (Lipinski definition) is 3. The van der Waals surface area contributed by atoms with Crippen LogP contribution in [0.3, 0.4) is 0 Å². The van der Waals surface area contributed by atoms with E-state index in [-0.39, 0.29) is 25.0 Å². The Bertz CT molecular complexity index is 556. The van der Waals surface area contributed by atoms with Gasteiger partial charge in [-0.3, -0.25) is 4.79 Å². The molecule has 118 valence electrons. The zero-order chi connectivity index (χ0) is 16.0. The molecule has 0 fully saturated rings. The Labute approximate surface area is 127 Å². The van der Waals surface area contributed by atoms with Gasteiger partial charge in [-0.05, 0) is 18.4 Å². The lowest BCUT2D eigenvalue weighted by Gasteiger charge is -2.22. The number of carbonyl (C=O) groups excluding carboxylic acids is 1. The summed E-state index contributed by atoms with van der Waals surface area (Å²) in [5, 5.41) is 2.82. The van der Waals surface area contributed by atoms with Gasteiger partial charge in [0.15, 0.2) is 0 Å². The summed E-state index contributed by atoms with van der Waals surface area (Å²) in [7, 11) is -3.44. The highest BCUT2D eigenvalue weighted by atomic mass is 32.2. The lowest BCUT2D eigenvalue weighted by Crippen LogP contribution is -2.44. The Morgan fingerprint density at radius 2 is 1.76 bits per heavy atom. The molecule has 0 aliphatic rings. The molecule has 0 unspecified atom stereocenters. The van der Waals surface area contributed by atoms with Gasteiger partial charge in [-0.15, -0.1) is 0 Å². The Balaban J connectivity index is 2.74. The third-order valence-electron chi connectivity index (χ3n) is 3.38. The van der Waals surface area contributed by atoms with E-state index in [0.717, 1.165) is 11.8 Å². The van der Waals surface area contributed by atoms with E-state index < -0.39 is 10.0 Å². The first kappa shape index (κ1) is 17.7. The molecule has 1 atom stereocenters. The molecule has 1 N–H and O–H groups in total. The molecule has 1 aromatic rings. The first-order valence-electron chi connectivity index (χ1n) is 6.98. The zero-order valence-corrected chi connectivity index (χ0v) is 13.9. The minimum Gasteiger partial charge on any atom is -0.352 e. The third-order valence-corrected chi connectivity index (χ3v) is 4.58. The van der Waals surface area contributed by atoms with Crippen LogP contribution in [0.5, 0.6) is 0 Å². The standard InChI is InChI=1S/C15H24N2O3S/c1-12(2)13(3)16-15(18)11-17(21(4,19)20)10-14-8-6-5-7-9-14/h5-9,12-13H,10-11H2,1-4H3,(H,16,18)/t13-/m0/s1. The molecule has 0 radical (unpaired) electrons. The Hall–Kier alpha value is -1.40. The molecule has 5 nitrogen and oxygen atoms in total. The van der Waals surface area contributed by atoms with Crippen molar-refractivity contribution < 1.29 is 13.2 Å². The van der Waals surface area contributed by atoms with Gasteiger partial charge in [0, 0.05) is 12.6 Å². The number of nitrogens with zero attached hydrogens (tertiary/aromatic N) is 1. The largest absolute Gasteiger partial charge is 0.352 e. The maximum atomic E-state index is 12.0. The monoisotopic (exact) mass is 312 g/mol. The molecule has 1 aromatic carbocycles. The van der Waals surface area contributed by atoms with Crippen LogP contribution < -0.4 is 5.32 Å². The molecule has 0 saturated heterocycles. The van der Waals surface area contributed by atoms with Crippen LogP contribution in [0.25, 0.3) is 0 Å².